The van der Waals surface area contributed by atoms with Crippen LogP contribution in [0.3, 0.4) is 0 Å². The standard InChI is InChI=1S/C26H27N7O3S/c1-17(16-34)29-24-23(15-28-25(33-24)30-21-8-5-9-22(14-21)37(27)36)18-10-12-20(13-11-18)32-26(35)31-19-6-3-2-4-7-19/h2-15,17,27,34,37H,16H2,1H3,(H2,31,32,35)(H2,28,29,30,33). The van der Waals surface area contributed by atoms with E-state index in [1.807, 2.05) is 37.3 Å². The SMILES string of the molecule is CC(CO)Nc1nc(Nc2cccc([SH](=N)=O)c2)ncc1-c1ccc(NC(=O)Nc2ccccc2)cc1. The van der Waals surface area contributed by atoms with Gasteiger partial charge in [-0.2, -0.15) is 4.98 Å². The minimum Gasteiger partial charge on any atom is -0.394 e. The van der Waals surface area contributed by atoms with Gasteiger partial charge in [-0.3, -0.25) is 4.78 Å². The van der Waals surface area contributed by atoms with Gasteiger partial charge in [0.2, 0.25) is 5.95 Å². The van der Waals surface area contributed by atoms with Gasteiger partial charge in [-0.1, -0.05) is 36.4 Å². The lowest BCUT2D eigenvalue weighted by Crippen LogP contribution is -2.21. The summed E-state index contributed by atoms with van der Waals surface area (Å²) in [6.45, 7) is 1.73. The number of carbonyl (C=O) groups excluding carboxylic acids is 1. The molecule has 0 aliphatic rings. The molecule has 0 fully saturated rings. The lowest BCUT2D eigenvalue weighted by atomic mass is 10.1. The maximum absolute atomic E-state index is 12.3. The first-order valence-corrected chi connectivity index (χ1v) is 12.7. The average molecular weight is 518 g/mol. The Bertz CT molecular complexity index is 1440. The van der Waals surface area contributed by atoms with Crippen molar-refractivity contribution in [2.45, 2.75) is 17.9 Å². The number of hydrogen-bond donors (Lipinski definition) is 7. The molecule has 2 amide bonds. The van der Waals surface area contributed by atoms with E-state index in [2.05, 4.69) is 31.2 Å². The van der Waals surface area contributed by atoms with Gasteiger partial charge in [0.25, 0.3) is 0 Å². The molecule has 0 aliphatic carbocycles. The van der Waals surface area contributed by atoms with E-state index >= 15 is 0 Å². The number of thiol groups is 1. The van der Waals surface area contributed by atoms with Crippen LogP contribution in [-0.4, -0.2) is 38.0 Å². The Morgan fingerprint density at radius 2 is 1.65 bits per heavy atom. The van der Waals surface area contributed by atoms with Crippen LogP contribution in [-0.2, 0) is 10.6 Å². The van der Waals surface area contributed by atoms with Crippen LogP contribution in [0.5, 0.6) is 0 Å². The number of rotatable bonds is 9. The molecule has 11 heteroatoms. The van der Waals surface area contributed by atoms with Gasteiger partial charge in [-0.05, 0) is 55.0 Å². The molecule has 37 heavy (non-hydrogen) atoms. The smallest absolute Gasteiger partial charge is 0.323 e. The fourth-order valence-corrected chi connectivity index (χ4v) is 3.91. The van der Waals surface area contributed by atoms with Gasteiger partial charge in [-0.25, -0.2) is 14.0 Å². The maximum atomic E-state index is 12.3. The van der Waals surface area contributed by atoms with E-state index in [9.17, 15) is 14.1 Å². The summed E-state index contributed by atoms with van der Waals surface area (Å²) in [6.07, 6.45) is 1.65. The summed E-state index contributed by atoms with van der Waals surface area (Å²) in [4.78, 5) is 21.7. The van der Waals surface area contributed by atoms with Crippen molar-refractivity contribution < 1.29 is 14.1 Å². The molecule has 10 nitrogen and oxygen atoms in total. The van der Waals surface area contributed by atoms with Crippen LogP contribution in [0.1, 0.15) is 6.92 Å². The summed E-state index contributed by atoms with van der Waals surface area (Å²) in [6, 6.07) is 22.5. The highest BCUT2D eigenvalue weighted by atomic mass is 32.2. The summed E-state index contributed by atoms with van der Waals surface area (Å²) in [5, 5.41) is 21.4. The number of amides is 2. The van der Waals surface area contributed by atoms with Crippen molar-refractivity contribution in [2.75, 3.05) is 27.9 Å². The Morgan fingerprint density at radius 3 is 2.32 bits per heavy atom. The second-order valence-electron chi connectivity index (χ2n) is 8.18. The molecule has 0 saturated heterocycles. The first-order chi connectivity index (χ1) is 17.9. The minimum atomic E-state index is -2.21. The van der Waals surface area contributed by atoms with E-state index in [1.54, 1.807) is 54.7 Å². The number of nitrogens with zero attached hydrogens (tertiary/aromatic N) is 2. The number of aliphatic hydroxyl groups is 1. The molecular formula is C26H27N7O3S. The lowest BCUT2D eigenvalue weighted by molar-refractivity contribution is 0.262. The number of benzene rings is 3. The number of para-hydroxylation sites is 1. The molecule has 1 aromatic heterocycles. The highest BCUT2D eigenvalue weighted by molar-refractivity contribution is 7.73. The van der Waals surface area contributed by atoms with E-state index < -0.39 is 10.6 Å². The van der Waals surface area contributed by atoms with Crippen LogP contribution in [0.15, 0.2) is 90.0 Å². The zero-order valence-electron chi connectivity index (χ0n) is 20.0. The van der Waals surface area contributed by atoms with Crippen LogP contribution < -0.4 is 21.3 Å². The minimum absolute atomic E-state index is 0.0931. The fraction of sp³-hybridized carbons (Fsp3) is 0.115. The van der Waals surface area contributed by atoms with Crippen molar-refractivity contribution in [3.63, 3.8) is 0 Å². The summed E-state index contributed by atoms with van der Waals surface area (Å²) in [5.41, 5.74) is 3.42. The third-order valence-corrected chi connectivity index (χ3v) is 6.02. The molecule has 0 bridgehead atoms. The number of hydrogen-bond acceptors (Lipinski definition) is 8. The van der Waals surface area contributed by atoms with E-state index in [1.165, 1.54) is 0 Å². The van der Waals surface area contributed by atoms with E-state index in [4.69, 9.17) is 4.78 Å². The van der Waals surface area contributed by atoms with Crippen molar-refractivity contribution in [1.29, 1.82) is 4.78 Å². The van der Waals surface area contributed by atoms with Crippen LogP contribution in [0.4, 0.5) is 33.6 Å². The third-order valence-electron chi connectivity index (χ3n) is 5.27. The van der Waals surface area contributed by atoms with Gasteiger partial charge < -0.3 is 26.4 Å². The van der Waals surface area contributed by atoms with Crippen molar-refractivity contribution in [3.05, 3.63) is 85.1 Å². The van der Waals surface area contributed by atoms with Crippen LogP contribution >= 0.6 is 0 Å². The maximum Gasteiger partial charge on any atom is 0.323 e. The Labute approximate surface area is 216 Å². The highest BCUT2D eigenvalue weighted by Gasteiger charge is 2.13. The quantitative estimate of drug-likeness (QED) is 0.156. The van der Waals surface area contributed by atoms with Gasteiger partial charge in [-0.15, -0.1) is 0 Å². The molecule has 2 atom stereocenters. The highest BCUT2D eigenvalue weighted by Crippen LogP contribution is 2.29. The Kier molecular flexibility index (Phi) is 8.29. The molecule has 3 aromatic carbocycles. The molecule has 2 unspecified atom stereocenters. The Morgan fingerprint density at radius 1 is 0.973 bits per heavy atom. The molecule has 6 N–H and O–H groups in total. The van der Waals surface area contributed by atoms with Gasteiger partial charge >= 0.3 is 6.03 Å². The summed E-state index contributed by atoms with van der Waals surface area (Å²) < 4.78 is 19.0. The predicted molar refractivity (Wildman–Crippen MR) is 147 cm³/mol. The molecular weight excluding hydrogens is 490 g/mol. The van der Waals surface area contributed by atoms with E-state index in [0.29, 0.717) is 39.3 Å². The Balaban J connectivity index is 1.54. The van der Waals surface area contributed by atoms with Crippen molar-refractivity contribution >= 4 is 45.5 Å². The first kappa shape index (κ1) is 25.6. The second-order valence-corrected chi connectivity index (χ2v) is 9.28. The van der Waals surface area contributed by atoms with Crippen LogP contribution in [0.25, 0.3) is 11.1 Å². The number of anilines is 5. The lowest BCUT2D eigenvalue weighted by Gasteiger charge is -2.17. The number of aromatic nitrogens is 2. The number of urea groups is 1. The van der Waals surface area contributed by atoms with Gasteiger partial charge in [0, 0.05) is 39.8 Å². The molecule has 0 spiro atoms. The summed E-state index contributed by atoms with van der Waals surface area (Å²) in [7, 11) is -2.21. The fourth-order valence-electron chi connectivity index (χ4n) is 3.43. The normalized spacial score (nSPS) is 12.3. The molecule has 1 heterocycles. The molecule has 0 radical (unpaired) electrons. The second kappa shape index (κ2) is 12.0. The van der Waals surface area contributed by atoms with Gasteiger partial charge in [0.15, 0.2) is 0 Å². The molecule has 190 valence electrons. The largest absolute Gasteiger partial charge is 0.394 e. The zero-order chi connectivity index (χ0) is 26.2. The predicted octanol–water partition coefficient (Wildman–Crippen LogP) is 4.93. The average Bonchev–Trinajstić information content (AvgIpc) is 2.90. The van der Waals surface area contributed by atoms with E-state index in [0.717, 1.165) is 5.56 Å². The van der Waals surface area contributed by atoms with Crippen LogP contribution in [0, 0.1) is 4.78 Å². The molecule has 0 aliphatic heterocycles. The van der Waals surface area contributed by atoms with Crippen molar-refractivity contribution in [1.82, 2.24) is 9.97 Å². The topological polar surface area (TPSA) is 152 Å². The van der Waals surface area contributed by atoms with Gasteiger partial charge in [0.05, 0.1) is 17.2 Å². The van der Waals surface area contributed by atoms with E-state index in [-0.39, 0.29) is 18.7 Å². The first-order valence-electron chi connectivity index (χ1n) is 11.4. The number of carbonyl (C=O) groups is 1. The Hall–Kier alpha value is -4.48. The number of aliphatic hydroxyl groups excluding tert-OH is 1. The van der Waals surface area contributed by atoms with Crippen LogP contribution in [0.2, 0.25) is 0 Å². The van der Waals surface area contributed by atoms with Gasteiger partial charge in [0.1, 0.15) is 5.82 Å². The van der Waals surface area contributed by atoms with Crippen molar-refractivity contribution in [3.8, 4) is 11.1 Å². The third kappa shape index (κ3) is 7.03. The molecule has 4 aromatic rings. The summed E-state index contributed by atoms with van der Waals surface area (Å²) in [5.74, 6) is 0.800. The zero-order valence-corrected chi connectivity index (χ0v) is 20.9. The summed E-state index contributed by atoms with van der Waals surface area (Å²) >= 11 is 0. The molecule has 0 saturated carbocycles. The molecule has 4 rings (SSSR count). The monoisotopic (exact) mass is 517 g/mol. The van der Waals surface area contributed by atoms with Crippen molar-refractivity contribution in [2.24, 2.45) is 0 Å². The number of nitrogens with one attached hydrogen (secondary N) is 5.